The number of amides is 1. The van der Waals surface area contributed by atoms with Crippen molar-refractivity contribution in [2.24, 2.45) is 0 Å². The molecule has 6 nitrogen and oxygen atoms in total. The summed E-state index contributed by atoms with van der Waals surface area (Å²) in [4.78, 5) is 30.1. The van der Waals surface area contributed by atoms with E-state index < -0.39 is 0 Å². The van der Waals surface area contributed by atoms with Crippen LogP contribution in [0, 0.1) is 0 Å². The summed E-state index contributed by atoms with van der Waals surface area (Å²) in [5.41, 5.74) is 2.26. The molecule has 1 unspecified atom stereocenters. The normalized spacial score (nSPS) is 19.4. The van der Waals surface area contributed by atoms with Crippen molar-refractivity contribution in [3.05, 3.63) is 53.1 Å². The van der Waals surface area contributed by atoms with E-state index in [0.29, 0.717) is 17.9 Å². The highest BCUT2D eigenvalue weighted by atomic mass is 35.5. The molecule has 0 aromatic heterocycles. The number of piperazine rings is 1. The standard InChI is InChI=1S/C21H22ClN3O3S/c1-2-28-21(27)14-3-8-18-17(13-14)23-19(26)20(29-18)25-11-9-24(10-12-25)16-6-4-15(22)5-7-16/h3-8,13,20H,2,9-12H2,1H3,(H,23,26). The zero-order chi connectivity index (χ0) is 20.4. The van der Waals surface area contributed by atoms with Crippen LogP contribution in [0.4, 0.5) is 11.4 Å². The minimum absolute atomic E-state index is 0.0524. The number of carbonyl (C=O) groups excluding carboxylic acids is 2. The number of fused-ring (bicyclic) bond motifs is 1. The van der Waals surface area contributed by atoms with E-state index in [1.807, 2.05) is 30.3 Å². The average molecular weight is 432 g/mol. The fourth-order valence-corrected chi connectivity index (χ4v) is 4.82. The summed E-state index contributed by atoms with van der Waals surface area (Å²) in [6.45, 7) is 5.38. The van der Waals surface area contributed by atoms with Crippen molar-refractivity contribution in [1.82, 2.24) is 4.90 Å². The highest BCUT2D eigenvalue weighted by Gasteiger charge is 2.34. The summed E-state index contributed by atoms with van der Waals surface area (Å²) in [5, 5.41) is 3.41. The van der Waals surface area contributed by atoms with E-state index in [9.17, 15) is 9.59 Å². The Balaban J connectivity index is 1.41. The number of thioether (sulfide) groups is 1. The maximum absolute atomic E-state index is 12.7. The van der Waals surface area contributed by atoms with Gasteiger partial charge in [0.05, 0.1) is 17.9 Å². The van der Waals surface area contributed by atoms with Crippen molar-refractivity contribution < 1.29 is 14.3 Å². The van der Waals surface area contributed by atoms with Crippen LogP contribution in [-0.2, 0) is 9.53 Å². The van der Waals surface area contributed by atoms with E-state index >= 15 is 0 Å². The van der Waals surface area contributed by atoms with Gasteiger partial charge in [0, 0.05) is 41.8 Å². The summed E-state index contributed by atoms with van der Waals surface area (Å²) < 4.78 is 5.04. The first-order valence-corrected chi connectivity index (χ1v) is 10.8. The SMILES string of the molecule is CCOC(=O)c1ccc2c(c1)NC(=O)C(N1CCN(c3ccc(Cl)cc3)CC1)S2. The Hall–Kier alpha value is -2.22. The third-order valence-electron chi connectivity index (χ3n) is 5.05. The van der Waals surface area contributed by atoms with Gasteiger partial charge in [0.15, 0.2) is 0 Å². The Morgan fingerprint density at radius 1 is 1.17 bits per heavy atom. The molecule has 152 valence electrons. The Morgan fingerprint density at radius 2 is 1.90 bits per heavy atom. The van der Waals surface area contributed by atoms with E-state index in [-0.39, 0.29) is 17.3 Å². The highest BCUT2D eigenvalue weighted by Crippen LogP contribution is 2.38. The number of rotatable bonds is 4. The Labute approximate surface area is 179 Å². The molecule has 2 aromatic rings. The van der Waals surface area contributed by atoms with E-state index in [2.05, 4.69) is 15.1 Å². The molecule has 0 spiro atoms. The minimum Gasteiger partial charge on any atom is -0.462 e. The van der Waals surface area contributed by atoms with Crippen molar-refractivity contribution in [2.75, 3.05) is 43.0 Å². The molecule has 1 amide bonds. The van der Waals surface area contributed by atoms with Crippen LogP contribution in [0.5, 0.6) is 0 Å². The maximum atomic E-state index is 12.7. The van der Waals surface area contributed by atoms with Crippen molar-refractivity contribution in [2.45, 2.75) is 17.2 Å². The largest absolute Gasteiger partial charge is 0.462 e. The predicted octanol–water partition coefficient (Wildman–Crippen LogP) is 3.71. The maximum Gasteiger partial charge on any atom is 0.338 e. The fourth-order valence-electron chi connectivity index (χ4n) is 3.55. The monoisotopic (exact) mass is 431 g/mol. The summed E-state index contributed by atoms with van der Waals surface area (Å²) >= 11 is 7.51. The molecule has 2 heterocycles. The number of nitrogens with one attached hydrogen (secondary N) is 1. The third kappa shape index (κ3) is 4.37. The van der Waals surface area contributed by atoms with Gasteiger partial charge in [-0.25, -0.2) is 4.79 Å². The van der Waals surface area contributed by atoms with Gasteiger partial charge in [0.25, 0.3) is 5.91 Å². The minimum atomic E-state index is -0.380. The molecule has 8 heteroatoms. The van der Waals surface area contributed by atoms with Crippen molar-refractivity contribution in [3.63, 3.8) is 0 Å². The van der Waals surface area contributed by atoms with Crippen LogP contribution in [-0.4, -0.2) is 54.9 Å². The number of nitrogens with zero attached hydrogens (tertiary/aromatic N) is 2. The molecule has 1 atom stereocenters. The molecule has 0 bridgehead atoms. The molecule has 0 saturated carbocycles. The first-order valence-electron chi connectivity index (χ1n) is 9.58. The smallest absolute Gasteiger partial charge is 0.338 e. The van der Waals surface area contributed by atoms with Crippen molar-refractivity contribution in [1.29, 1.82) is 0 Å². The molecule has 0 radical (unpaired) electrons. The van der Waals surface area contributed by atoms with Crippen LogP contribution in [0.1, 0.15) is 17.3 Å². The van der Waals surface area contributed by atoms with Gasteiger partial charge in [-0.15, -0.1) is 0 Å². The van der Waals surface area contributed by atoms with Gasteiger partial charge in [-0.2, -0.15) is 0 Å². The number of halogens is 1. The van der Waals surface area contributed by atoms with Crippen molar-refractivity contribution in [3.8, 4) is 0 Å². The lowest BCUT2D eigenvalue weighted by Gasteiger charge is -2.40. The number of hydrogen-bond acceptors (Lipinski definition) is 6. The van der Waals surface area contributed by atoms with Crippen molar-refractivity contribution >= 4 is 46.6 Å². The van der Waals surface area contributed by atoms with E-state index in [4.69, 9.17) is 16.3 Å². The van der Waals surface area contributed by atoms with Crippen LogP contribution >= 0.6 is 23.4 Å². The van der Waals surface area contributed by atoms with E-state index in [1.165, 1.54) is 11.8 Å². The molecule has 1 N–H and O–H groups in total. The highest BCUT2D eigenvalue weighted by molar-refractivity contribution is 8.00. The summed E-state index contributed by atoms with van der Waals surface area (Å²) in [6, 6.07) is 13.2. The van der Waals surface area contributed by atoms with Gasteiger partial charge < -0.3 is 15.0 Å². The topological polar surface area (TPSA) is 61.9 Å². The molecule has 29 heavy (non-hydrogen) atoms. The first kappa shape index (κ1) is 20.1. The Bertz CT molecular complexity index is 914. The van der Waals surface area contributed by atoms with Gasteiger partial charge >= 0.3 is 5.97 Å². The molecule has 2 aliphatic heterocycles. The number of benzene rings is 2. The average Bonchev–Trinajstić information content (AvgIpc) is 2.74. The van der Waals surface area contributed by atoms with Gasteiger partial charge in [-0.3, -0.25) is 9.69 Å². The van der Waals surface area contributed by atoms with Gasteiger partial charge in [0.1, 0.15) is 5.37 Å². The molecule has 2 aliphatic rings. The van der Waals surface area contributed by atoms with Crippen LogP contribution < -0.4 is 10.2 Å². The van der Waals surface area contributed by atoms with Gasteiger partial charge in [-0.05, 0) is 49.4 Å². The number of hydrogen-bond donors (Lipinski definition) is 1. The quantitative estimate of drug-likeness (QED) is 0.744. The van der Waals surface area contributed by atoms with E-state index in [0.717, 1.165) is 41.8 Å². The second kappa shape index (κ2) is 8.65. The Morgan fingerprint density at radius 3 is 2.59 bits per heavy atom. The van der Waals surface area contributed by atoms with Crippen LogP contribution in [0.3, 0.4) is 0 Å². The van der Waals surface area contributed by atoms with Crippen LogP contribution in [0.15, 0.2) is 47.4 Å². The molecule has 2 aromatic carbocycles. The lowest BCUT2D eigenvalue weighted by atomic mass is 10.2. The van der Waals surface area contributed by atoms with Crippen LogP contribution in [0.25, 0.3) is 0 Å². The Kier molecular flexibility index (Phi) is 5.99. The lowest BCUT2D eigenvalue weighted by Crippen LogP contribution is -2.53. The molecule has 1 fully saturated rings. The van der Waals surface area contributed by atoms with Gasteiger partial charge in [0.2, 0.25) is 0 Å². The number of anilines is 2. The number of carbonyl (C=O) groups is 2. The second-order valence-corrected chi connectivity index (χ2v) is 8.45. The predicted molar refractivity (Wildman–Crippen MR) is 116 cm³/mol. The zero-order valence-electron chi connectivity index (χ0n) is 16.1. The summed E-state index contributed by atoms with van der Waals surface area (Å²) in [7, 11) is 0. The molecular weight excluding hydrogens is 410 g/mol. The lowest BCUT2D eigenvalue weighted by molar-refractivity contribution is -0.118. The zero-order valence-corrected chi connectivity index (χ0v) is 17.6. The molecule has 1 saturated heterocycles. The summed E-state index contributed by atoms with van der Waals surface area (Å²) in [6.07, 6.45) is 0. The molecular formula is C21H22ClN3O3S. The van der Waals surface area contributed by atoms with Crippen LogP contribution in [0.2, 0.25) is 5.02 Å². The third-order valence-corrected chi connectivity index (χ3v) is 6.65. The summed E-state index contributed by atoms with van der Waals surface area (Å²) in [5.74, 6) is -0.432. The second-order valence-electron chi connectivity index (χ2n) is 6.89. The first-order chi connectivity index (χ1) is 14.0. The number of esters is 1. The number of ether oxygens (including phenoxy) is 1. The molecule has 0 aliphatic carbocycles. The molecule has 4 rings (SSSR count). The fraction of sp³-hybridized carbons (Fsp3) is 0.333. The van der Waals surface area contributed by atoms with E-state index in [1.54, 1.807) is 19.1 Å². The van der Waals surface area contributed by atoms with Gasteiger partial charge in [-0.1, -0.05) is 23.4 Å².